The standard InChI is InChI=1S/C18H21F2NO6/c1-4-5-6-27-11-7-13(19)16(14(20)8-11)21-10-26-9-12(17(22)24-2)15(21)18(23)25-3/h7-8H,4-6,9-10H2,1-3H3. The first-order chi connectivity index (χ1) is 12.9. The van der Waals surface area contributed by atoms with Gasteiger partial charge in [-0.3, -0.25) is 0 Å². The summed E-state index contributed by atoms with van der Waals surface area (Å²) in [6, 6.07) is 2.02. The minimum Gasteiger partial charge on any atom is -0.493 e. The number of benzene rings is 1. The average molecular weight is 385 g/mol. The summed E-state index contributed by atoms with van der Waals surface area (Å²) in [4.78, 5) is 25.0. The van der Waals surface area contributed by atoms with E-state index in [1.807, 2.05) is 6.92 Å². The number of carbonyl (C=O) groups is 2. The summed E-state index contributed by atoms with van der Waals surface area (Å²) in [6.07, 6.45) is 1.61. The maximum absolute atomic E-state index is 14.6. The lowest BCUT2D eigenvalue weighted by Crippen LogP contribution is -2.39. The van der Waals surface area contributed by atoms with Crippen LogP contribution >= 0.6 is 0 Å². The second-order valence-corrected chi connectivity index (χ2v) is 5.65. The van der Waals surface area contributed by atoms with E-state index in [9.17, 15) is 18.4 Å². The molecule has 0 bridgehead atoms. The molecule has 7 nitrogen and oxygen atoms in total. The summed E-state index contributed by atoms with van der Waals surface area (Å²) >= 11 is 0. The van der Waals surface area contributed by atoms with Gasteiger partial charge in [0.2, 0.25) is 0 Å². The lowest BCUT2D eigenvalue weighted by molar-refractivity contribution is -0.140. The second-order valence-electron chi connectivity index (χ2n) is 5.65. The van der Waals surface area contributed by atoms with E-state index in [1.54, 1.807) is 0 Å². The van der Waals surface area contributed by atoms with Gasteiger partial charge in [0.25, 0.3) is 0 Å². The maximum Gasteiger partial charge on any atom is 0.355 e. The molecule has 0 aromatic heterocycles. The van der Waals surface area contributed by atoms with Gasteiger partial charge in [0, 0.05) is 12.1 Å². The summed E-state index contributed by atoms with van der Waals surface area (Å²) < 4.78 is 49.1. The molecule has 1 heterocycles. The Morgan fingerprint density at radius 3 is 2.33 bits per heavy atom. The van der Waals surface area contributed by atoms with Crippen LogP contribution in [-0.4, -0.2) is 46.1 Å². The van der Waals surface area contributed by atoms with Crippen LogP contribution in [0.3, 0.4) is 0 Å². The number of anilines is 1. The molecule has 0 aliphatic carbocycles. The van der Waals surface area contributed by atoms with Gasteiger partial charge in [0.1, 0.15) is 23.9 Å². The molecular weight excluding hydrogens is 364 g/mol. The topological polar surface area (TPSA) is 74.3 Å². The van der Waals surface area contributed by atoms with Crippen molar-refractivity contribution in [2.24, 2.45) is 0 Å². The van der Waals surface area contributed by atoms with Crippen LogP contribution in [0.1, 0.15) is 19.8 Å². The highest BCUT2D eigenvalue weighted by Crippen LogP contribution is 2.33. The minimum absolute atomic E-state index is 0.0249. The number of methoxy groups -OCH3 is 2. The SMILES string of the molecule is CCCCOc1cc(F)c(N2COCC(C(=O)OC)=C2C(=O)OC)c(F)c1. The van der Waals surface area contributed by atoms with Crippen LogP contribution in [-0.2, 0) is 23.8 Å². The van der Waals surface area contributed by atoms with Crippen LogP contribution < -0.4 is 9.64 Å². The number of hydrogen-bond donors (Lipinski definition) is 0. The quantitative estimate of drug-likeness (QED) is 0.527. The van der Waals surface area contributed by atoms with Crippen LogP contribution in [0.5, 0.6) is 5.75 Å². The third-order valence-corrected chi connectivity index (χ3v) is 3.86. The Bertz CT molecular complexity index is 726. The average Bonchev–Trinajstić information content (AvgIpc) is 2.66. The van der Waals surface area contributed by atoms with E-state index < -0.39 is 29.3 Å². The third-order valence-electron chi connectivity index (χ3n) is 3.86. The largest absolute Gasteiger partial charge is 0.493 e. The summed E-state index contributed by atoms with van der Waals surface area (Å²) in [6.45, 7) is 1.68. The molecule has 0 spiro atoms. The predicted molar refractivity (Wildman–Crippen MR) is 91.1 cm³/mol. The molecule has 0 atom stereocenters. The van der Waals surface area contributed by atoms with Crippen molar-refractivity contribution in [2.45, 2.75) is 19.8 Å². The number of halogens is 2. The Labute approximate surface area is 155 Å². The smallest absolute Gasteiger partial charge is 0.355 e. The van der Waals surface area contributed by atoms with Crippen molar-refractivity contribution < 1.29 is 37.3 Å². The van der Waals surface area contributed by atoms with Gasteiger partial charge in [-0.25, -0.2) is 18.4 Å². The monoisotopic (exact) mass is 385 g/mol. The van der Waals surface area contributed by atoms with Crippen LogP contribution in [0.15, 0.2) is 23.4 Å². The number of esters is 2. The Morgan fingerprint density at radius 2 is 1.78 bits per heavy atom. The zero-order valence-electron chi connectivity index (χ0n) is 15.3. The molecule has 9 heteroatoms. The minimum atomic E-state index is -0.974. The zero-order chi connectivity index (χ0) is 20.0. The van der Waals surface area contributed by atoms with Crippen molar-refractivity contribution in [1.82, 2.24) is 0 Å². The van der Waals surface area contributed by atoms with E-state index in [2.05, 4.69) is 9.47 Å². The van der Waals surface area contributed by atoms with Gasteiger partial charge in [-0.1, -0.05) is 13.3 Å². The number of hydrogen-bond acceptors (Lipinski definition) is 7. The molecular formula is C18H21F2NO6. The summed E-state index contributed by atoms with van der Waals surface area (Å²) in [5.74, 6) is -3.73. The molecule has 27 heavy (non-hydrogen) atoms. The van der Waals surface area contributed by atoms with E-state index in [0.29, 0.717) is 6.61 Å². The van der Waals surface area contributed by atoms with Crippen LogP contribution in [0.25, 0.3) is 0 Å². The van der Waals surface area contributed by atoms with E-state index in [0.717, 1.165) is 44.1 Å². The maximum atomic E-state index is 14.6. The fourth-order valence-electron chi connectivity index (χ4n) is 2.54. The molecule has 0 saturated carbocycles. The lowest BCUT2D eigenvalue weighted by atomic mass is 10.1. The summed E-state index contributed by atoms with van der Waals surface area (Å²) in [5, 5.41) is 0. The second kappa shape index (κ2) is 9.31. The normalized spacial score (nSPS) is 14.2. The number of unbranched alkanes of at least 4 members (excludes halogenated alkanes) is 1. The Morgan fingerprint density at radius 1 is 1.15 bits per heavy atom. The van der Waals surface area contributed by atoms with Gasteiger partial charge in [0.15, 0.2) is 11.6 Å². The van der Waals surface area contributed by atoms with Gasteiger partial charge < -0.3 is 23.8 Å². The molecule has 1 aliphatic rings. The molecule has 0 radical (unpaired) electrons. The van der Waals surface area contributed by atoms with Gasteiger partial charge in [0.05, 0.1) is 33.0 Å². The number of nitrogens with zero attached hydrogens (tertiary/aromatic N) is 1. The van der Waals surface area contributed by atoms with Crippen molar-refractivity contribution in [2.75, 3.05) is 39.1 Å². The molecule has 0 fully saturated rings. The van der Waals surface area contributed by atoms with E-state index in [1.165, 1.54) is 0 Å². The van der Waals surface area contributed by atoms with Crippen molar-refractivity contribution in [1.29, 1.82) is 0 Å². The highest BCUT2D eigenvalue weighted by atomic mass is 19.1. The molecule has 1 aromatic carbocycles. The number of carbonyl (C=O) groups excluding carboxylic acids is 2. The Balaban J connectivity index is 2.48. The van der Waals surface area contributed by atoms with Gasteiger partial charge in [-0.05, 0) is 6.42 Å². The molecule has 0 N–H and O–H groups in total. The van der Waals surface area contributed by atoms with Crippen molar-refractivity contribution in [3.8, 4) is 5.75 Å². The fourth-order valence-corrected chi connectivity index (χ4v) is 2.54. The zero-order valence-corrected chi connectivity index (χ0v) is 15.3. The number of rotatable bonds is 7. The van der Waals surface area contributed by atoms with Gasteiger partial charge >= 0.3 is 11.9 Å². The predicted octanol–water partition coefficient (Wildman–Crippen LogP) is 2.54. The van der Waals surface area contributed by atoms with Crippen molar-refractivity contribution in [3.05, 3.63) is 35.0 Å². The van der Waals surface area contributed by atoms with E-state index in [4.69, 9.17) is 9.47 Å². The van der Waals surface area contributed by atoms with Crippen molar-refractivity contribution in [3.63, 3.8) is 0 Å². The molecule has 0 unspecified atom stereocenters. The molecule has 1 aliphatic heterocycles. The van der Waals surface area contributed by atoms with Crippen LogP contribution in [0.4, 0.5) is 14.5 Å². The van der Waals surface area contributed by atoms with Gasteiger partial charge in [-0.2, -0.15) is 0 Å². The first-order valence-electron chi connectivity index (χ1n) is 8.31. The summed E-state index contributed by atoms with van der Waals surface area (Å²) in [5.41, 5.74) is -1.09. The third kappa shape index (κ3) is 4.54. The van der Waals surface area contributed by atoms with Crippen LogP contribution in [0, 0.1) is 11.6 Å². The molecule has 1 aromatic rings. The lowest BCUT2D eigenvalue weighted by Gasteiger charge is -2.31. The van der Waals surface area contributed by atoms with Gasteiger partial charge in [-0.15, -0.1) is 0 Å². The first-order valence-corrected chi connectivity index (χ1v) is 8.31. The Hall–Kier alpha value is -2.68. The molecule has 0 amide bonds. The Kier molecular flexibility index (Phi) is 7.12. The number of ether oxygens (including phenoxy) is 4. The van der Waals surface area contributed by atoms with Crippen molar-refractivity contribution >= 4 is 17.6 Å². The molecule has 0 saturated heterocycles. The first kappa shape index (κ1) is 20.6. The highest BCUT2D eigenvalue weighted by Gasteiger charge is 2.35. The summed E-state index contributed by atoms with van der Waals surface area (Å²) in [7, 11) is 2.21. The fraction of sp³-hybridized carbons (Fsp3) is 0.444. The molecule has 2 rings (SSSR count). The highest BCUT2D eigenvalue weighted by molar-refractivity contribution is 6.03. The van der Waals surface area contributed by atoms with Crippen LogP contribution in [0.2, 0.25) is 0 Å². The molecule has 148 valence electrons. The van der Waals surface area contributed by atoms with E-state index in [-0.39, 0.29) is 30.4 Å². The van der Waals surface area contributed by atoms with E-state index >= 15 is 0 Å².